The number of halogens is 1. The molecule has 0 aliphatic carbocycles. The zero-order valence-electron chi connectivity index (χ0n) is 14.6. The summed E-state index contributed by atoms with van der Waals surface area (Å²) in [4.78, 5) is 12.3. The molecule has 0 atom stereocenters. The van der Waals surface area contributed by atoms with Crippen LogP contribution in [0.3, 0.4) is 0 Å². The minimum absolute atomic E-state index is 0.133. The summed E-state index contributed by atoms with van der Waals surface area (Å²) in [6, 6.07) is 11.0. The van der Waals surface area contributed by atoms with Crippen molar-refractivity contribution < 1.29 is 19.0 Å². The van der Waals surface area contributed by atoms with Gasteiger partial charge in [-0.15, -0.1) is 0 Å². The van der Waals surface area contributed by atoms with E-state index in [1.165, 1.54) is 0 Å². The van der Waals surface area contributed by atoms with Gasteiger partial charge in [0.2, 0.25) is 0 Å². The van der Waals surface area contributed by atoms with Crippen LogP contribution in [-0.4, -0.2) is 26.7 Å². The molecule has 0 fully saturated rings. The minimum Gasteiger partial charge on any atom is -0.496 e. The summed E-state index contributed by atoms with van der Waals surface area (Å²) in [5.41, 5.74) is 1.54. The molecule has 0 aromatic heterocycles. The van der Waals surface area contributed by atoms with Crippen LogP contribution < -0.4 is 19.5 Å². The average molecular weight is 455 g/mol. The lowest BCUT2D eigenvalue weighted by molar-refractivity contribution is 0.0950. The zero-order chi connectivity index (χ0) is 18.2. The molecule has 0 radical (unpaired) electrons. The van der Waals surface area contributed by atoms with Gasteiger partial charge < -0.3 is 19.5 Å². The van der Waals surface area contributed by atoms with E-state index in [2.05, 4.69) is 34.8 Å². The molecule has 2 aromatic rings. The normalized spacial score (nSPS) is 10.2. The first kappa shape index (κ1) is 19.4. The maximum absolute atomic E-state index is 12.3. The molecule has 25 heavy (non-hydrogen) atoms. The van der Waals surface area contributed by atoms with E-state index >= 15 is 0 Å². The molecule has 1 amide bonds. The summed E-state index contributed by atoms with van der Waals surface area (Å²) < 4.78 is 17.1. The number of amides is 1. The lowest BCUT2D eigenvalue weighted by Gasteiger charge is -2.12. The largest absolute Gasteiger partial charge is 0.496 e. The molecule has 0 aliphatic rings. The molecule has 2 rings (SSSR count). The topological polar surface area (TPSA) is 56.8 Å². The van der Waals surface area contributed by atoms with Gasteiger partial charge in [-0.2, -0.15) is 0 Å². The van der Waals surface area contributed by atoms with E-state index in [-0.39, 0.29) is 5.91 Å². The third kappa shape index (κ3) is 5.26. The molecule has 2 aromatic carbocycles. The van der Waals surface area contributed by atoms with E-state index in [4.69, 9.17) is 14.2 Å². The number of hydrogen-bond acceptors (Lipinski definition) is 4. The molecule has 1 N–H and O–H groups in total. The van der Waals surface area contributed by atoms with Crippen LogP contribution in [0.1, 0.15) is 29.3 Å². The molecule has 0 bridgehead atoms. The van der Waals surface area contributed by atoms with E-state index in [1.54, 1.807) is 32.4 Å². The van der Waals surface area contributed by atoms with Crippen LogP contribution >= 0.6 is 22.6 Å². The summed E-state index contributed by atoms with van der Waals surface area (Å²) in [7, 11) is 3.22. The van der Waals surface area contributed by atoms with Crippen molar-refractivity contribution in [3.63, 3.8) is 0 Å². The number of nitrogens with one attached hydrogen (secondary N) is 1. The molecule has 0 unspecified atom stereocenters. The van der Waals surface area contributed by atoms with Crippen molar-refractivity contribution in [1.82, 2.24) is 5.32 Å². The summed E-state index contributed by atoms with van der Waals surface area (Å²) >= 11 is 2.15. The van der Waals surface area contributed by atoms with Gasteiger partial charge in [0.25, 0.3) is 5.91 Å². The Kier molecular flexibility index (Phi) is 7.36. The molecule has 0 aliphatic heterocycles. The Labute approximate surface area is 161 Å². The van der Waals surface area contributed by atoms with Gasteiger partial charge in [0.05, 0.1) is 24.4 Å². The molecule has 0 saturated heterocycles. The van der Waals surface area contributed by atoms with Crippen molar-refractivity contribution in [3.05, 3.63) is 51.1 Å². The van der Waals surface area contributed by atoms with Gasteiger partial charge >= 0.3 is 0 Å². The van der Waals surface area contributed by atoms with Crippen molar-refractivity contribution >= 4 is 28.5 Å². The second-order valence-electron chi connectivity index (χ2n) is 5.37. The minimum atomic E-state index is -0.133. The zero-order valence-corrected chi connectivity index (χ0v) is 16.8. The summed E-state index contributed by atoms with van der Waals surface area (Å²) in [6.07, 6.45) is 0.932. The van der Waals surface area contributed by atoms with Crippen LogP contribution in [0.2, 0.25) is 0 Å². The number of ether oxygens (including phenoxy) is 3. The molecule has 134 valence electrons. The van der Waals surface area contributed by atoms with Gasteiger partial charge in [0.15, 0.2) is 11.5 Å². The van der Waals surface area contributed by atoms with Crippen LogP contribution in [0.4, 0.5) is 0 Å². The maximum Gasteiger partial charge on any atom is 0.251 e. The number of carbonyl (C=O) groups excluding carboxylic acids is 1. The predicted molar refractivity (Wildman–Crippen MR) is 106 cm³/mol. The smallest absolute Gasteiger partial charge is 0.251 e. The molecular formula is C19H22INO4. The van der Waals surface area contributed by atoms with Crippen molar-refractivity contribution in [3.8, 4) is 17.2 Å². The van der Waals surface area contributed by atoms with Gasteiger partial charge in [-0.25, -0.2) is 0 Å². The highest BCUT2D eigenvalue weighted by molar-refractivity contribution is 14.1. The number of rotatable bonds is 8. The van der Waals surface area contributed by atoms with Crippen LogP contribution in [0, 0.1) is 3.57 Å². The maximum atomic E-state index is 12.3. The number of methoxy groups -OCH3 is 2. The van der Waals surface area contributed by atoms with Crippen LogP contribution in [0.15, 0.2) is 36.4 Å². The summed E-state index contributed by atoms with van der Waals surface area (Å²) in [6.45, 7) is 3.10. The fourth-order valence-corrected chi connectivity index (χ4v) is 2.98. The van der Waals surface area contributed by atoms with Gasteiger partial charge in [0, 0.05) is 12.1 Å². The summed E-state index contributed by atoms with van der Waals surface area (Å²) in [5.74, 6) is 2.00. The Bertz CT molecular complexity index is 733. The van der Waals surface area contributed by atoms with Crippen molar-refractivity contribution in [1.29, 1.82) is 0 Å². The first-order valence-corrected chi connectivity index (χ1v) is 9.08. The van der Waals surface area contributed by atoms with Crippen LogP contribution in [0.5, 0.6) is 17.2 Å². The Hall–Kier alpha value is -1.96. The highest BCUT2D eigenvalue weighted by Gasteiger charge is 2.10. The third-order valence-corrected chi connectivity index (χ3v) is 4.40. The van der Waals surface area contributed by atoms with Crippen molar-refractivity contribution in [2.75, 3.05) is 20.8 Å². The fourth-order valence-electron chi connectivity index (χ4n) is 2.25. The van der Waals surface area contributed by atoms with E-state index in [0.29, 0.717) is 30.2 Å². The standard InChI is InChI=1S/C19H22INO4/c1-4-9-25-17-7-5-13(10-18(17)24-3)12-21-19(22)14-6-8-16(23-2)15(20)11-14/h5-8,10-11H,4,9,12H2,1-3H3,(H,21,22). The SMILES string of the molecule is CCCOc1ccc(CNC(=O)c2ccc(OC)c(I)c2)cc1OC. The number of benzene rings is 2. The average Bonchev–Trinajstić information content (AvgIpc) is 2.64. The monoisotopic (exact) mass is 455 g/mol. The van der Waals surface area contributed by atoms with Gasteiger partial charge in [-0.3, -0.25) is 4.79 Å². The lowest BCUT2D eigenvalue weighted by Crippen LogP contribution is -2.22. The summed E-state index contributed by atoms with van der Waals surface area (Å²) in [5, 5.41) is 2.91. The van der Waals surface area contributed by atoms with E-state index in [1.807, 2.05) is 18.2 Å². The quantitative estimate of drug-likeness (QED) is 0.611. The van der Waals surface area contributed by atoms with Gasteiger partial charge in [-0.1, -0.05) is 13.0 Å². The van der Waals surface area contributed by atoms with Crippen LogP contribution in [0.25, 0.3) is 0 Å². The van der Waals surface area contributed by atoms with Crippen LogP contribution in [-0.2, 0) is 6.54 Å². The second kappa shape index (κ2) is 9.50. The fraction of sp³-hybridized carbons (Fsp3) is 0.316. The molecule has 0 saturated carbocycles. The van der Waals surface area contributed by atoms with E-state index in [0.717, 1.165) is 21.3 Å². The van der Waals surface area contributed by atoms with Crippen molar-refractivity contribution in [2.45, 2.75) is 19.9 Å². The Morgan fingerprint density at radius 1 is 1.04 bits per heavy atom. The van der Waals surface area contributed by atoms with Gasteiger partial charge in [0.1, 0.15) is 5.75 Å². The van der Waals surface area contributed by atoms with Gasteiger partial charge in [-0.05, 0) is 64.9 Å². The molecule has 5 nitrogen and oxygen atoms in total. The Balaban J connectivity index is 2.02. The molecular weight excluding hydrogens is 433 g/mol. The van der Waals surface area contributed by atoms with Crippen molar-refractivity contribution in [2.24, 2.45) is 0 Å². The number of carbonyl (C=O) groups is 1. The molecule has 6 heteroatoms. The Morgan fingerprint density at radius 2 is 1.76 bits per heavy atom. The first-order chi connectivity index (χ1) is 12.1. The molecule has 0 spiro atoms. The number of hydrogen-bond donors (Lipinski definition) is 1. The lowest BCUT2D eigenvalue weighted by atomic mass is 10.1. The van der Waals surface area contributed by atoms with E-state index in [9.17, 15) is 4.79 Å². The predicted octanol–water partition coefficient (Wildman–Crippen LogP) is 4.03. The first-order valence-electron chi connectivity index (χ1n) is 8.00. The third-order valence-electron chi connectivity index (χ3n) is 3.56. The van der Waals surface area contributed by atoms with E-state index < -0.39 is 0 Å². The highest BCUT2D eigenvalue weighted by atomic mass is 127. The molecule has 0 heterocycles. The highest BCUT2D eigenvalue weighted by Crippen LogP contribution is 2.28. The second-order valence-corrected chi connectivity index (χ2v) is 6.53. The Morgan fingerprint density at radius 3 is 2.40 bits per heavy atom.